The van der Waals surface area contributed by atoms with Gasteiger partial charge in [0.25, 0.3) is 0 Å². The molecule has 0 radical (unpaired) electrons. The highest BCUT2D eigenvalue weighted by atomic mass is 35.5. The summed E-state index contributed by atoms with van der Waals surface area (Å²) in [7, 11) is 0. The SMILES string of the molecule is Cc1cc(CCl)cc(-n2nnc(-c3ccccc3)n2)n1. The van der Waals surface area contributed by atoms with Crippen LogP contribution in [0, 0.1) is 6.92 Å². The molecule has 0 saturated heterocycles. The van der Waals surface area contributed by atoms with Crippen LogP contribution in [0.5, 0.6) is 0 Å². The Balaban J connectivity index is 2.00. The second-order valence-electron chi connectivity index (χ2n) is 4.38. The van der Waals surface area contributed by atoms with Crippen molar-refractivity contribution >= 4 is 11.6 Å². The monoisotopic (exact) mass is 285 g/mol. The summed E-state index contributed by atoms with van der Waals surface area (Å²) in [6.07, 6.45) is 0. The molecule has 1 aromatic carbocycles. The van der Waals surface area contributed by atoms with Gasteiger partial charge in [-0.3, -0.25) is 0 Å². The molecular formula is C14H12ClN5. The molecule has 0 aliphatic heterocycles. The average Bonchev–Trinajstić information content (AvgIpc) is 2.97. The molecule has 0 aliphatic rings. The fourth-order valence-corrected chi connectivity index (χ4v) is 2.07. The van der Waals surface area contributed by atoms with E-state index in [1.807, 2.05) is 49.4 Å². The number of aromatic nitrogens is 5. The van der Waals surface area contributed by atoms with E-state index in [0.717, 1.165) is 16.8 Å². The van der Waals surface area contributed by atoms with Crippen molar-refractivity contribution in [2.75, 3.05) is 0 Å². The molecule has 5 nitrogen and oxygen atoms in total. The summed E-state index contributed by atoms with van der Waals surface area (Å²) in [5.41, 5.74) is 2.77. The standard InChI is InChI=1S/C14H12ClN5/c1-10-7-11(9-15)8-13(16-10)20-18-14(17-19-20)12-5-3-2-4-6-12/h2-8H,9H2,1H3. The Bertz CT molecular complexity index is 723. The van der Waals surface area contributed by atoms with Gasteiger partial charge >= 0.3 is 0 Å². The van der Waals surface area contributed by atoms with Crippen LogP contribution in [-0.4, -0.2) is 25.2 Å². The van der Waals surface area contributed by atoms with Gasteiger partial charge in [0.1, 0.15) is 0 Å². The summed E-state index contributed by atoms with van der Waals surface area (Å²) < 4.78 is 0. The van der Waals surface area contributed by atoms with E-state index in [-0.39, 0.29) is 0 Å². The normalized spacial score (nSPS) is 10.7. The van der Waals surface area contributed by atoms with Crippen LogP contribution in [0.3, 0.4) is 0 Å². The molecule has 0 spiro atoms. The lowest BCUT2D eigenvalue weighted by Gasteiger charge is -2.02. The lowest BCUT2D eigenvalue weighted by atomic mass is 10.2. The molecule has 3 aromatic rings. The van der Waals surface area contributed by atoms with Gasteiger partial charge in [0.15, 0.2) is 5.82 Å². The van der Waals surface area contributed by atoms with E-state index in [4.69, 9.17) is 11.6 Å². The van der Waals surface area contributed by atoms with E-state index in [2.05, 4.69) is 20.4 Å². The highest BCUT2D eigenvalue weighted by Gasteiger charge is 2.09. The lowest BCUT2D eigenvalue weighted by molar-refractivity contribution is 0.697. The molecule has 0 unspecified atom stereocenters. The maximum atomic E-state index is 5.87. The van der Waals surface area contributed by atoms with Crippen LogP contribution >= 0.6 is 11.6 Å². The molecule has 0 N–H and O–H groups in total. The van der Waals surface area contributed by atoms with Crippen LogP contribution in [0.1, 0.15) is 11.3 Å². The quantitative estimate of drug-likeness (QED) is 0.694. The molecule has 2 aromatic heterocycles. The van der Waals surface area contributed by atoms with E-state index in [1.165, 1.54) is 4.80 Å². The molecule has 0 amide bonds. The Morgan fingerprint density at radius 3 is 2.70 bits per heavy atom. The first kappa shape index (κ1) is 12.7. The van der Waals surface area contributed by atoms with Gasteiger partial charge in [-0.25, -0.2) is 4.98 Å². The van der Waals surface area contributed by atoms with E-state index in [0.29, 0.717) is 17.5 Å². The third-order valence-electron chi connectivity index (χ3n) is 2.80. The molecule has 0 bridgehead atoms. The average molecular weight is 286 g/mol. The maximum Gasteiger partial charge on any atom is 0.205 e. The van der Waals surface area contributed by atoms with E-state index >= 15 is 0 Å². The predicted octanol–water partition coefficient (Wildman–Crippen LogP) is 2.77. The largest absolute Gasteiger partial charge is 0.232 e. The Hall–Kier alpha value is -2.27. The lowest BCUT2D eigenvalue weighted by Crippen LogP contribution is -2.04. The van der Waals surface area contributed by atoms with Gasteiger partial charge in [-0.2, -0.15) is 0 Å². The van der Waals surface area contributed by atoms with Crippen LogP contribution in [0.15, 0.2) is 42.5 Å². The van der Waals surface area contributed by atoms with Crippen LogP contribution in [0.4, 0.5) is 0 Å². The summed E-state index contributed by atoms with van der Waals surface area (Å²) in [4.78, 5) is 5.82. The molecule has 0 saturated carbocycles. The van der Waals surface area contributed by atoms with E-state index < -0.39 is 0 Å². The number of hydrogen-bond acceptors (Lipinski definition) is 4. The number of alkyl halides is 1. The number of halogens is 1. The number of nitrogens with zero attached hydrogens (tertiary/aromatic N) is 5. The predicted molar refractivity (Wildman–Crippen MR) is 76.7 cm³/mol. The topological polar surface area (TPSA) is 56.5 Å². The Kier molecular flexibility index (Phi) is 3.43. The maximum absolute atomic E-state index is 5.87. The van der Waals surface area contributed by atoms with Gasteiger partial charge in [0, 0.05) is 17.1 Å². The summed E-state index contributed by atoms with van der Waals surface area (Å²) in [6, 6.07) is 13.5. The minimum absolute atomic E-state index is 0.427. The van der Waals surface area contributed by atoms with Crippen molar-refractivity contribution in [2.45, 2.75) is 12.8 Å². The van der Waals surface area contributed by atoms with Crippen molar-refractivity contribution in [3.8, 4) is 17.2 Å². The molecule has 2 heterocycles. The van der Waals surface area contributed by atoms with Gasteiger partial charge < -0.3 is 0 Å². The number of benzene rings is 1. The summed E-state index contributed by atoms with van der Waals surface area (Å²) in [5.74, 6) is 1.62. The van der Waals surface area contributed by atoms with Crippen LogP contribution < -0.4 is 0 Å². The van der Waals surface area contributed by atoms with Crippen molar-refractivity contribution < 1.29 is 0 Å². The molecule has 0 atom stereocenters. The van der Waals surface area contributed by atoms with Crippen molar-refractivity contribution in [1.29, 1.82) is 0 Å². The zero-order valence-electron chi connectivity index (χ0n) is 10.9. The number of rotatable bonds is 3. The smallest absolute Gasteiger partial charge is 0.205 e. The number of hydrogen-bond donors (Lipinski definition) is 0. The minimum Gasteiger partial charge on any atom is -0.232 e. The van der Waals surface area contributed by atoms with Crippen LogP contribution in [0.25, 0.3) is 17.2 Å². The Labute approximate surface area is 121 Å². The first-order valence-electron chi connectivity index (χ1n) is 6.15. The van der Waals surface area contributed by atoms with Crippen molar-refractivity contribution in [2.24, 2.45) is 0 Å². The van der Waals surface area contributed by atoms with Crippen LogP contribution in [0.2, 0.25) is 0 Å². The van der Waals surface area contributed by atoms with Crippen LogP contribution in [-0.2, 0) is 5.88 Å². The highest BCUT2D eigenvalue weighted by Crippen LogP contribution is 2.14. The van der Waals surface area contributed by atoms with Gasteiger partial charge in [-0.05, 0) is 29.8 Å². The van der Waals surface area contributed by atoms with Gasteiger partial charge in [-0.15, -0.1) is 26.6 Å². The molecule has 0 fully saturated rings. The molecule has 20 heavy (non-hydrogen) atoms. The summed E-state index contributed by atoms with van der Waals surface area (Å²) >= 11 is 5.87. The molecule has 0 aliphatic carbocycles. The third kappa shape index (κ3) is 2.53. The zero-order chi connectivity index (χ0) is 13.9. The van der Waals surface area contributed by atoms with Gasteiger partial charge in [0.05, 0.1) is 0 Å². The second kappa shape index (κ2) is 5.38. The molecular weight excluding hydrogens is 274 g/mol. The first-order chi connectivity index (χ1) is 9.76. The summed E-state index contributed by atoms with van der Waals surface area (Å²) in [5, 5.41) is 12.5. The van der Waals surface area contributed by atoms with Gasteiger partial charge in [0.2, 0.25) is 5.82 Å². The zero-order valence-corrected chi connectivity index (χ0v) is 11.6. The van der Waals surface area contributed by atoms with E-state index in [9.17, 15) is 0 Å². The van der Waals surface area contributed by atoms with Crippen molar-refractivity contribution in [3.05, 3.63) is 53.7 Å². The molecule has 6 heteroatoms. The van der Waals surface area contributed by atoms with Crippen molar-refractivity contribution in [1.82, 2.24) is 25.2 Å². The Morgan fingerprint density at radius 1 is 1.15 bits per heavy atom. The molecule has 100 valence electrons. The number of aryl methyl sites for hydroxylation is 1. The summed E-state index contributed by atoms with van der Waals surface area (Å²) in [6.45, 7) is 1.91. The van der Waals surface area contributed by atoms with Crippen molar-refractivity contribution in [3.63, 3.8) is 0 Å². The first-order valence-corrected chi connectivity index (χ1v) is 6.69. The number of tetrazole rings is 1. The third-order valence-corrected chi connectivity index (χ3v) is 3.11. The number of pyridine rings is 1. The minimum atomic E-state index is 0.427. The van der Waals surface area contributed by atoms with Gasteiger partial charge in [-0.1, -0.05) is 30.3 Å². The molecule has 3 rings (SSSR count). The Morgan fingerprint density at radius 2 is 1.95 bits per heavy atom. The fourth-order valence-electron chi connectivity index (χ4n) is 1.91. The fraction of sp³-hybridized carbons (Fsp3) is 0.143. The highest BCUT2D eigenvalue weighted by molar-refractivity contribution is 6.17. The van der Waals surface area contributed by atoms with E-state index in [1.54, 1.807) is 0 Å². The second-order valence-corrected chi connectivity index (χ2v) is 4.64.